The molecule has 24 heavy (non-hydrogen) atoms. The van der Waals surface area contributed by atoms with Gasteiger partial charge in [0.1, 0.15) is 9.88 Å². The molecule has 1 unspecified atom stereocenters. The topological polar surface area (TPSA) is 64.4 Å². The summed E-state index contributed by atoms with van der Waals surface area (Å²) in [6, 6.07) is 6.05. The second-order valence-electron chi connectivity index (χ2n) is 5.66. The van der Waals surface area contributed by atoms with E-state index in [0.29, 0.717) is 22.3 Å². The van der Waals surface area contributed by atoms with E-state index in [1.165, 1.54) is 11.3 Å². The summed E-state index contributed by atoms with van der Waals surface area (Å²) in [4.78, 5) is 15.9. The van der Waals surface area contributed by atoms with Crippen molar-refractivity contribution in [3.8, 4) is 10.6 Å². The number of methoxy groups -OCH3 is 1. The SMILES string of the molecule is COCC(C)n1cc(Cl)c2cc(-c3nc(C)c(C(=O)O)s3)ccc21. The standard InChI is InChI=1S/C17H17ClN2O3S/c1-9(8-23-3)20-7-13(18)12-6-11(4-5-14(12)20)16-19-10(2)15(24-16)17(21)22/h4-7,9H,8H2,1-3H3,(H,21,22). The minimum Gasteiger partial charge on any atom is -0.477 e. The van der Waals surface area contributed by atoms with Gasteiger partial charge in [0.15, 0.2) is 0 Å². The van der Waals surface area contributed by atoms with Crippen molar-refractivity contribution in [3.05, 3.63) is 40.0 Å². The molecule has 0 aliphatic rings. The molecule has 1 N–H and O–H groups in total. The predicted molar refractivity (Wildman–Crippen MR) is 96.3 cm³/mol. The molecule has 5 nitrogen and oxygen atoms in total. The third-order valence-corrected chi connectivity index (χ3v) is 5.40. The average molecular weight is 365 g/mol. The van der Waals surface area contributed by atoms with Crippen molar-refractivity contribution in [2.24, 2.45) is 0 Å². The molecule has 126 valence electrons. The van der Waals surface area contributed by atoms with E-state index >= 15 is 0 Å². The van der Waals surface area contributed by atoms with Crippen LogP contribution in [-0.4, -0.2) is 34.3 Å². The molecule has 2 aromatic heterocycles. The number of rotatable bonds is 5. The van der Waals surface area contributed by atoms with Gasteiger partial charge in [0, 0.05) is 29.8 Å². The lowest BCUT2D eigenvalue weighted by Gasteiger charge is -2.14. The zero-order chi connectivity index (χ0) is 17.4. The van der Waals surface area contributed by atoms with Crippen molar-refractivity contribution in [2.45, 2.75) is 19.9 Å². The monoisotopic (exact) mass is 364 g/mol. The predicted octanol–water partition coefficient (Wildman–Crippen LogP) is 4.63. The number of thiazole rings is 1. The summed E-state index contributed by atoms with van der Waals surface area (Å²) in [5.74, 6) is -0.949. The number of hydrogen-bond donors (Lipinski definition) is 1. The molecule has 1 atom stereocenters. The highest BCUT2D eigenvalue weighted by molar-refractivity contribution is 7.17. The van der Waals surface area contributed by atoms with Crippen LogP contribution in [0.2, 0.25) is 5.02 Å². The van der Waals surface area contributed by atoms with Crippen molar-refractivity contribution < 1.29 is 14.6 Å². The van der Waals surface area contributed by atoms with Crippen LogP contribution in [0, 0.1) is 6.92 Å². The van der Waals surface area contributed by atoms with E-state index in [4.69, 9.17) is 16.3 Å². The first kappa shape index (κ1) is 17.0. The van der Waals surface area contributed by atoms with Crippen LogP contribution < -0.4 is 0 Å². The fourth-order valence-corrected chi connectivity index (χ4v) is 3.91. The lowest BCUT2D eigenvalue weighted by atomic mass is 10.1. The maximum Gasteiger partial charge on any atom is 0.347 e. The van der Waals surface area contributed by atoms with Crippen molar-refractivity contribution >= 4 is 39.8 Å². The van der Waals surface area contributed by atoms with Gasteiger partial charge in [-0.3, -0.25) is 0 Å². The molecule has 3 aromatic rings. The maximum absolute atomic E-state index is 11.2. The molecule has 0 amide bonds. The van der Waals surface area contributed by atoms with Gasteiger partial charge in [0.25, 0.3) is 0 Å². The third-order valence-electron chi connectivity index (χ3n) is 3.90. The number of hydrogen-bond acceptors (Lipinski definition) is 4. The Morgan fingerprint density at radius 2 is 2.25 bits per heavy atom. The summed E-state index contributed by atoms with van der Waals surface area (Å²) in [5, 5.41) is 11.4. The van der Waals surface area contributed by atoms with Crippen LogP contribution in [0.15, 0.2) is 24.4 Å². The minimum absolute atomic E-state index is 0.163. The molecule has 0 bridgehead atoms. The molecule has 0 spiro atoms. The zero-order valence-corrected chi connectivity index (χ0v) is 15.1. The largest absolute Gasteiger partial charge is 0.477 e. The Morgan fingerprint density at radius 3 is 2.88 bits per heavy atom. The lowest BCUT2D eigenvalue weighted by molar-refractivity contribution is 0.0701. The number of halogens is 1. The summed E-state index contributed by atoms with van der Waals surface area (Å²) in [7, 11) is 1.67. The Labute approximate surface area is 148 Å². The van der Waals surface area contributed by atoms with Gasteiger partial charge >= 0.3 is 5.97 Å². The molecule has 0 radical (unpaired) electrons. The van der Waals surface area contributed by atoms with Gasteiger partial charge in [-0.1, -0.05) is 11.6 Å². The number of benzene rings is 1. The number of aromatic nitrogens is 2. The van der Waals surface area contributed by atoms with E-state index < -0.39 is 5.97 Å². The van der Waals surface area contributed by atoms with Gasteiger partial charge in [-0.15, -0.1) is 11.3 Å². The maximum atomic E-state index is 11.2. The number of aromatic carboxylic acids is 1. The number of ether oxygens (including phenoxy) is 1. The van der Waals surface area contributed by atoms with Crippen LogP contribution >= 0.6 is 22.9 Å². The van der Waals surface area contributed by atoms with E-state index in [0.717, 1.165) is 16.5 Å². The van der Waals surface area contributed by atoms with Crippen LogP contribution in [0.1, 0.15) is 28.3 Å². The van der Waals surface area contributed by atoms with Gasteiger partial charge < -0.3 is 14.4 Å². The van der Waals surface area contributed by atoms with Crippen LogP contribution in [0.5, 0.6) is 0 Å². The first-order chi connectivity index (χ1) is 11.4. The van der Waals surface area contributed by atoms with Crippen molar-refractivity contribution in [3.63, 3.8) is 0 Å². The quantitative estimate of drug-likeness (QED) is 0.716. The lowest BCUT2D eigenvalue weighted by Crippen LogP contribution is -2.09. The Morgan fingerprint density at radius 1 is 1.50 bits per heavy atom. The number of fused-ring (bicyclic) bond motifs is 1. The van der Waals surface area contributed by atoms with Crippen LogP contribution in [0.4, 0.5) is 0 Å². The van der Waals surface area contributed by atoms with Crippen molar-refractivity contribution in [2.75, 3.05) is 13.7 Å². The first-order valence-corrected chi connectivity index (χ1v) is 8.62. The Kier molecular flexibility index (Phi) is 4.62. The van der Waals surface area contributed by atoms with Gasteiger partial charge in [0.2, 0.25) is 0 Å². The summed E-state index contributed by atoms with van der Waals surface area (Å²) in [5.41, 5.74) is 2.40. The normalized spacial score (nSPS) is 12.7. The molecule has 0 fully saturated rings. The number of carboxylic acid groups (broad SMARTS) is 1. The van der Waals surface area contributed by atoms with E-state index in [-0.39, 0.29) is 10.9 Å². The van der Waals surface area contributed by atoms with Crippen molar-refractivity contribution in [1.29, 1.82) is 0 Å². The van der Waals surface area contributed by atoms with Gasteiger partial charge in [-0.2, -0.15) is 0 Å². The number of carboxylic acids is 1. The molecule has 0 aliphatic heterocycles. The van der Waals surface area contributed by atoms with E-state index in [1.54, 1.807) is 14.0 Å². The number of aryl methyl sites for hydroxylation is 1. The molecule has 7 heteroatoms. The molecule has 0 aliphatic carbocycles. The molecular weight excluding hydrogens is 348 g/mol. The molecule has 1 aromatic carbocycles. The minimum atomic E-state index is -0.949. The van der Waals surface area contributed by atoms with E-state index in [9.17, 15) is 9.90 Å². The number of nitrogens with zero attached hydrogens (tertiary/aromatic N) is 2. The van der Waals surface area contributed by atoms with Gasteiger partial charge in [-0.05, 0) is 32.0 Å². The summed E-state index contributed by atoms with van der Waals surface area (Å²) in [6.45, 7) is 4.36. The number of carbonyl (C=O) groups is 1. The Hall–Kier alpha value is -1.89. The summed E-state index contributed by atoms with van der Waals surface area (Å²) in [6.07, 6.45) is 1.90. The molecular formula is C17H17ClN2O3S. The first-order valence-electron chi connectivity index (χ1n) is 7.42. The highest BCUT2D eigenvalue weighted by atomic mass is 35.5. The fourth-order valence-electron chi connectivity index (χ4n) is 2.75. The van der Waals surface area contributed by atoms with Crippen LogP contribution in [0.25, 0.3) is 21.5 Å². The van der Waals surface area contributed by atoms with Crippen molar-refractivity contribution in [1.82, 2.24) is 9.55 Å². The average Bonchev–Trinajstić information content (AvgIpc) is 3.08. The fraction of sp³-hybridized carbons (Fsp3) is 0.294. The second-order valence-corrected chi connectivity index (χ2v) is 7.07. The van der Waals surface area contributed by atoms with Gasteiger partial charge in [-0.25, -0.2) is 9.78 Å². The summed E-state index contributed by atoms with van der Waals surface area (Å²) >= 11 is 7.57. The molecule has 3 rings (SSSR count). The smallest absolute Gasteiger partial charge is 0.347 e. The Balaban J connectivity index is 2.08. The highest BCUT2D eigenvalue weighted by Gasteiger charge is 2.17. The second kappa shape index (κ2) is 6.55. The highest BCUT2D eigenvalue weighted by Crippen LogP contribution is 2.34. The molecule has 2 heterocycles. The van der Waals surface area contributed by atoms with E-state index in [1.807, 2.05) is 24.4 Å². The van der Waals surface area contributed by atoms with Gasteiger partial charge in [0.05, 0.1) is 23.4 Å². The van der Waals surface area contributed by atoms with Crippen LogP contribution in [-0.2, 0) is 4.74 Å². The molecule has 0 saturated heterocycles. The zero-order valence-electron chi connectivity index (χ0n) is 13.5. The van der Waals surface area contributed by atoms with Crippen LogP contribution in [0.3, 0.4) is 0 Å². The summed E-state index contributed by atoms with van der Waals surface area (Å²) < 4.78 is 7.30. The molecule has 0 saturated carbocycles. The third kappa shape index (κ3) is 2.92. The Bertz CT molecular complexity index is 916. The van der Waals surface area contributed by atoms with E-state index in [2.05, 4.69) is 16.5 Å².